The van der Waals surface area contributed by atoms with Crippen LogP contribution in [0.2, 0.25) is 0 Å². The van der Waals surface area contributed by atoms with E-state index in [1.165, 1.54) is 19.3 Å². The number of nitrogens with one attached hydrogen (secondary N) is 2. The van der Waals surface area contributed by atoms with Crippen LogP contribution in [-0.4, -0.2) is 50.1 Å². The lowest BCUT2D eigenvalue weighted by Crippen LogP contribution is -2.45. The van der Waals surface area contributed by atoms with Crippen molar-refractivity contribution in [3.63, 3.8) is 0 Å². The lowest BCUT2D eigenvalue weighted by Gasteiger charge is -2.32. The molecule has 0 aromatic heterocycles. The van der Waals surface area contributed by atoms with Crippen molar-refractivity contribution >= 4 is 5.91 Å². The molecule has 96 valence electrons. The molecule has 0 spiro atoms. The fourth-order valence-electron chi connectivity index (χ4n) is 2.07. The van der Waals surface area contributed by atoms with E-state index in [-0.39, 0.29) is 5.91 Å². The average molecular weight is 238 g/mol. The highest BCUT2D eigenvalue weighted by molar-refractivity contribution is 5.77. The van der Waals surface area contributed by atoms with Crippen LogP contribution in [0.15, 0.2) is 0 Å². The van der Waals surface area contributed by atoms with Crippen LogP contribution >= 0.6 is 0 Å². The van der Waals surface area contributed by atoms with E-state index in [2.05, 4.69) is 22.6 Å². The van der Waals surface area contributed by atoms with Gasteiger partial charge in [-0.2, -0.15) is 5.26 Å². The van der Waals surface area contributed by atoms with Gasteiger partial charge in [-0.05, 0) is 26.4 Å². The summed E-state index contributed by atoms with van der Waals surface area (Å²) in [5.74, 6) is -0.0290. The molecule has 1 amide bonds. The van der Waals surface area contributed by atoms with Crippen LogP contribution in [0.3, 0.4) is 0 Å². The summed E-state index contributed by atoms with van der Waals surface area (Å²) >= 11 is 0. The number of carbonyl (C=O) groups excluding carboxylic acids is 1. The van der Waals surface area contributed by atoms with Gasteiger partial charge >= 0.3 is 0 Å². The number of likely N-dealkylation sites (N-methyl/N-ethyl adjacent to an activating group) is 1. The summed E-state index contributed by atoms with van der Waals surface area (Å²) in [6.45, 7) is 2.80. The number of nitrogens with zero attached hydrogens (tertiary/aromatic N) is 2. The zero-order valence-corrected chi connectivity index (χ0v) is 10.5. The first-order chi connectivity index (χ1) is 8.24. The van der Waals surface area contributed by atoms with Gasteiger partial charge in [0.15, 0.2) is 0 Å². The van der Waals surface area contributed by atoms with Crippen LogP contribution in [0, 0.1) is 11.3 Å². The third-order valence-electron chi connectivity index (χ3n) is 3.15. The highest BCUT2D eigenvalue weighted by Gasteiger charge is 2.18. The second kappa shape index (κ2) is 8.04. The minimum absolute atomic E-state index is 0.0290. The summed E-state index contributed by atoms with van der Waals surface area (Å²) in [6.07, 6.45) is 4.14. The SMILES string of the molecule is CN1CCCCC1CNCC(=O)NCCC#N. The minimum Gasteiger partial charge on any atom is -0.354 e. The largest absolute Gasteiger partial charge is 0.354 e. The predicted molar refractivity (Wildman–Crippen MR) is 66.4 cm³/mol. The monoisotopic (exact) mass is 238 g/mol. The first kappa shape index (κ1) is 13.9. The van der Waals surface area contributed by atoms with Gasteiger partial charge in [0, 0.05) is 19.1 Å². The van der Waals surface area contributed by atoms with E-state index < -0.39 is 0 Å². The number of amides is 1. The van der Waals surface area contributed by atoms with E-state index in [0.29, 0.717) is 25.6 Å². The maximum atomic E-state index is 11.3. The molecule has 0 saturated carbocycles. The Bertz CT molecular complexity index is 274. The van der Waals surface area contributed by atoms with Gasteiger partial charge in [-0.15, -0.1) is 0 Å². The van der Waals surface area contributed by atoms with Crippen LogP contribution in [0.5, 0.6) is 0 Å². The van der Waals surface area contributed by atoms with Gasteiger partial charge in [-0.3, -0.25) is 4.79 Å². The molecule has 17 heavy (non-hydrogen) atoms. The Morgan fingerprint density at radius 1 is 1.53 bits per heavy atom. The number of likely N-dealkylation sites (tertiary alicyclic amines) is 1. The van der Waals surface area contributed by atoms with E-state index in [9.17, 15) is 4.79 Å². The van der Waals surface area contributed by atoms with E-state index in [1.54, 1.807) is 0 Å². The number of nitriles is 1. The molecular weight excluding hydrogens is 216 g/mol. The van der Waals surface area contributed by atoms with Crippen molar-refractivity contribution in [1.29, 1.82) is 5.26 Å². The maximum Gasteiger partial charge on any atom is 0.233 e. The molecule has 1 saturated heterocycles. The molecule has 1 fully saturated rings. The third-order valence-corrected chi connectivity index (χ3v) is 3.15. The highest BCUT2D eigenvalue weighted by Crippen LogP contribution is 2.13. The van der Waals surface area contributed by atoms with Crippen LogP contribution in [0.25, 0.3) is 0 Å². The Morgan fingerprint density at radius 2 is 2.35 bits per heavy atom. The summed E-state index contributed by atoms with van der Waals surface area (Å²) < 4.78 is 0. The van der Waals surface area contributed by atoms with Crippen molar-refractivity contribution in [1.82, 2.24) is 15.5 Å². The van der Waals surface area contributed by atoms with Gasteiger partial charge in [-0.25, -0.2) is 0 Å². The van der Waals surface area contributed by atoms with Crippen LogP contribution in [-0.2, 0) is 4.79 Å². The van der Waals surface area contributed by atoms with E-state index in [1.807, 2.05) is 6.07 Å². The molecule has 5 heteroatoms. The number of hydrogen-bond donors (Lipinski definition) is 2. The van der Waals surface area contributed by atoms with Gasteiger partial charge in [0.05, 0.1) is 19.0 Å². The van der Waals surface area contributed by atoms with Gasteiger partial charge in [-0.1, -0.05) is 6.42 Å². The second-order valence-electron chi connectivity index (χ2n) is 4.52. The molecule has 1 aliphatic rings. The van der Waals surface area contributed by atoms with E-state index >= 15 is 0 Å². The van der Waals surface area contributed by atoms with E-state index in [4.69, 9.17) is 5.26 Å². The van der Waals surface area contributed by atoms with Crippen molar-refractivity contribution in [2.75, 3.05) is 33.2 Å². The normalized spacial score (nSPS) is 20.8. The third kappa shape index (κ3) is 5.66. The average Bonchev–Trinajstić information content (AvgIpc) is 2.32. The van der Waals surface area contributed by atoms with Crippen molar-refractivity contribution < 1.29 is 4.79 Å². The Balaban J connectivity index is 2.06. The van der Waals surface area contributed by atoms with Crippen molar-refractivity contribution in [2.45, 2.75) is 31.7 Å². The summed E-state index contributed by atoms with van der Waals surface area (Å²) in [5, 5.41) is 14.2. The highest BCUT2D eigenvalue weighted by atomic mass is 16.1. The standard InChI is InChI=1S/C12H22N4O/c1-16-8-3-2-5-11(16)9-14-10-12(17)15-7-4-6-13/h11,14H,2-5,7-10H2,1H3,(H,15,17). The number of piperidine rings is 1. The second-order valence-corrected chi connectivity index (χ2v) is 4.52. The maximum absolute atomic E-state index is 11.3. The molecule has 0 bridgehead atoms. The van der Waals surface area contributed by atoms with Crippen molar-refractivity contribution in [2.24, 2.45) is 0 Å². The molecule has 0 aromatic rings. The molecular formula is C12H22N4O. The lowest BCUT2D eigenvalue weighted by molar-refractivity contribution is -0.120. The predicted octanol–water partition coefficient (Wildman–Crippen LogP) is 0.0902. The zero-order chi connectivity index (χ0) is 12.5. The molecule has 2 N–H and O–H groups in total. The molecule has 0 aliphatic carbocycles. The first-order valence-corrected chi connectivity index (χ1v) is 6.28. The van der Waals surface area contributed by atoms with Gasteiger partial charge in [0.25, 0.3) is 0 Å². The first-order valence-electron chi connectivity index (χ1n) is 6.28. The fraction of sp³-hybridized carbons (Fsp3) is 0.833. The summed E-state index contributed by atoms with van der Waals surface area (Å²) in [6, 6.07) is 2.55. The molecule has 0 aromatic carbocycles. The summed E-state index contributed by atoms with van der Waals surface area (Å²) in [5.41, 5.74) is 0. The van der Waals surface area contributed by atoms with Crippen LogP contribution < -0.4 is 10.6 Å². The molecule has 0 radical (unpaired) electrons. The van der Waals surface area contributed by atoms with Crippen molar-refractivity contribution in [3.05, 3.63) is 0 Å². The Hall–Kier alpha value is -1.12. The Morgan fingerprint density at radius 3 is 3.06 bits per heavy atom. The summed E-state index contributed by atoms with van der Waals surface area (Å²) in [7, 11) is 2.14. The Labute approximate surface area is 103 Å². The number of rotatable bonds is 6. The quantitative estimate of drug-likeness (QED) is 0.644. The van der Waals surface area contributed by atoms with Gasteiger partial charge in [0.2, 0.25) is 5.91 Å². The molecule has 1 heterocycles. The molecule has 5 nitrogen and oxygen atoms in total. The lowest BCUT2D eigenvalue weighted by atomic mass is 10.0. The molecule has 1 rings (SSSR count). The number of hydrogen-bond acceptors (Lipinski definition) is 4. The topological polar surface area (TPSA) is 68.2 Å². The molecule has 1 unspecified atom stereocenters. The van der Waals surface area contributed by atoms with Gasteiger partial charge in [0.1, 0.15) is 0 Å². The number of carbonyl (C=O) groups is 1. The zero-order valence-electron chi connectivity index (χ0n) is 10.5. The summed E-state index contributed by atoms with van der Waals surface area (Å²) in [4.78, 5) is 13.7. The van der Waals surface area contributed by atoms with Crippen molar-refractivity contribution in [3.8, 4) is 6.07 Å². The van der Waals surface area contributed by atoms with Gasteiger partial charge < -0.3 is 15.5 Å². The van der Waals surface area contributed by atoms with E-state index in [0.717, 1.165) is 13.1 Å². The van der Waals surface area contributed by atoms with Crippen LogP contribution in [0.1, 0.15) is 25.7 Å². The fourth-order valence-corrected chi connectivity index (χ4v) is 2.07. The minimum atomic E-state index is -0.0290. The molecule has 1 aliphatic heterocycles. The Kier molecular flexibility index (Phi) is 6.60. The molecule has 1 atom stereocenters. The smallest absolute Gasteiger partial charge is 0.233 e. The van der Waals surface area contributed by atoms with Crippen LogP contribution in [0.4, 0.5) is 0 Å².